The van der Waals surface area contributed by atoms with E-state index in [1.807, 2.05) is 20.8 Å². The van der Waals surface area contributed by atoms with Gasteiger partial charge in [0, 0.05) is 44.9 Å². The van der Waals surface area contributed by atoms with Crippen LogP contribution in [0.4, 0.5) is 9.59 Å². The van der Waals surface area contributed by atoms with E-state index < -0.39 is 5.60 Å². The highest BCUT2D eigenvalue weighted by atomic mass is 16.6. The van der Waals surface area contributed by atoms with Gasteiger partial charge in [-0.15, -0.1) is 0 Å². The number of ether oxygens (including phenoxy) is 2. The third-order valence-corrected chi connectivity index (χ3v) is 6.30. The Morgan fingerprint density at radius 2 is 1.76 bits per heavy atom. The zero-order chi connectivity index (χ0) is 21.0. The molecule has 0 aliphatic carbocycles. The Kier molecular flexibility index (Phi) is 7.30. The molecule has 3 aliphatic heterocycles. The predicted octanol–water partition coefficient (Wildman–Crippen LogP) is 3.86. The van der Waals surface area contributed by atoms with Crippen molar-refractivity contribution in [3.63, 3.8) is 0 Å². The van der Waals surface area contributed by atoms with Crippen molar-refractivity contribution in [2.75, 3.05) is 32.8 Å². The molecule has 166 valence electrons. The van der Waals surface area contributed by atoms with E-state index >= 15 is 0 Å². The monoisotopic (exact) mass is 409 g/mol. The van der Waals surface area contributed by atoms with Gasteiger partial charge in [0.2, 0.25) is 0 Å². The molecular formula is C22H39N3O4. The van der Waals surface area contributed by atoms with Gasteiger partial charge in [0.25, 0.3) is 0 Å². The summed E-state index contributed by atoms with van der Waals surface area (Å²) >= 11 is 0. The van der Waals surface area contributed by atoms with Crippen LogP contribution in [0.5, 0.6) is 0 Å². The average molecular weight is 410 g/mol. The number of unbranched alkanes of at least 4 members (excludes halogenated alkanes) is 1. The van der Waals surface area contributed by atoms with Gasteiger partial charge in [-0.2, -0.15) is 0 Å². The lowest BCUT2D eigenvalue weighted by Crippen LogP contribution is -2.51. The smallest absolute Gasteiger partial charge is 0.410 e. The van der Waals surface area contributed by atoms with Crippen LogP contribution in [-0.2, 0) is 9.47 Å². The summed E-state index contributed by atoms with van der Waals surface area (Å²) in [5.74, 6) is 0. The second-order valence-corrected chi connectivity index (χ2v) is 9.68. The van der Waals surface area contributed by atoms with Crippen molar-refractivity contribution in [1.29, 1.82) is 0 Å². The van der Waals surface area contributed by atoms with Crippen LogP contribution in [0, 0.1) is 0 Å². The first-order valence-corrected chi connectivity index (χ1v) is 11.4. The van der Waals surface area contributed by atoms with Crippen molar-refractivity contribution < 1.29 is 19.1 Å². The Morgan fingerprint density at radius 1 is 1.10 bits per heavy atom. The minimum Gasteiger partial charge on any atom is -0.444 e. The average Bonchev–Trinajstić information content (AvgIpc) is 3.02. The third-order valence-electron chi connectivity index (χ3n) is 6.30. The summed E-state index contributed by atoms with van der Waals surface area (Å²) in [7, 11) is 0. The largest absolute Gasteiger partial charge is 0.444 e. The van der Waals surface area contributed by atoms with Crippen molar-refractivity contribution >= 4 is 12.1 Å². The quantitative estimate of drug-likeness (QED) is 0.692. The van der Waals surface area contributed by atoms with E-state index in [0.717, 1.165) is 64.7 Å². The summed E-state index contributed by atoms with van der Waals surface area (Å²) in [4.78, 5) is 31.8. The van der Waals surface area contributed by atoms with E-state index in [0.29, 0.717) is 25.2 Å². The second-order valence-electron chi connectivity index (χ2n) is 9.68. The molecule has 3 heterocycles. The number of urea groups is 1. The molecular weight excluding hydrogens is 370 g/mol. The maximum Gasteiger partial charge on any atom is 0.410 e. The first-order valence-electron chi connectivity index (χ1n) is 11.4. The lowest BCUT2D eigenvalue weighted by Gasteiger charge is -2.39. The highest BCUT2D eigenvalue weighted by Gasteiger charge is 2.44. The Labute approximate surface area is 175 Å². The number of amides is 3. The molecule has 0 bridgehead atoms. The third kappa shape index (κ3) is 5.56. The number of likely N-dealkylation sites (tertiary alicyclic amines) is 1. The van der Waals surface area contributed by atoms with Crippen molar-refractivity contribution in [1.82, 2.24) is 14.7 Å². The summed E-state index contributed by atoms with van der Waals surface area (Å²) < 4.78 is 11.0. The predicted molar refractivity (Wildman–Crippen MR) is 112 cm³/mol. The molecule has 0 spiro atoms. The number of rotatable bonds is 5. The van der Waals surface area contributed by atoms with Crippen LogP contribution in [0.1, 0.15) is 72.6 Å². The molecule has 7 nitrogen and oxygen atoms in total. The van der Waals surface area contributed by atoms with Crippen LogP contribution >= 0.6 is 0 Å². The van der Waals surface area contributed by atoms with Gasteiger partial charge in [-0.05, 0) is 52.9 Å². The topological polar surface area (TPSA) is 62.3 Å². The van der Waals surface area contributed by atoms with Gasteiger partial charge in [0.1, 0.15) is 5.60 Å². The number of hydrogen-bond donors (Lipinski definition) is 0. The van der Waals surface area contributed by atoms with Crippen LogP contribution in [0.15, 0.2) is 0 Å². The lowest BCUT2D eigenvalue weighted by atomic mass is 10.0. The standard InChI is InChI=1S/C22H39N3O4/c1-5-6-7-19-16-24(17-10-14-28-15-11-17)20(26)25(19)18-8-12-23(13-9-18)21(27)29-22(2,3)4/h17-19H,5-16H2,1-4H3. The van der Waals surface area contributed by atoms with Crippen LogP contribution in [0.2, 0.25) is 0 Å². The molecule has 0 aromatic heterocycles. The number of piperidine rings is 1. The Morgan fingerprint density at radius 3 is 2.34 bits per heavy atom. The Bertz CT molecular complexity index is 563. The first-order chi connectivity index (χ1) is 13.8. The van der Waals surface area contributed by atoms with E-state index in [1.165, 1.54) is 0 Å². The highest BCUT2D eigenvalue weighted by molar-refractivity contribution is 5.78. The second kappa shape index (κ2) is 9.54. The van der Waals surface area contributed by atoms with Gasteiger partial charge in [-0.1, -0.05) is 19.8 Å². The Hall–Kier alpha value is -1.50. The van der Waals surface area contributed by atoms with Crippen molar-refractivity contribution in [3.8, 4) is 0 Å². The van der Waals surface area contributed by atoms with Gasteiger partial charge < -0.3 is 24.2 Å². The van der Waals surface area contributed by atoms with E-state index in [1.54, 1.807) is 4.90 Å². The van der Waals surface area contributed by atoms with Crippen LogP contribution in [0.25, 0.3) is 0 Å². The first kappa shape index (κ1) is 22.2. The number of carbonyl (C=O) groups is 2. The van der Waals surface area contributed by atoms with E-state index in [-0.39, 0.29) is 18.2 Å². The molecule has 0 N–H and O–H groups in total. The number of nitrogens with zero attached hydrogens (tertiary/aromatic N) is 3. The molecule has 3 saturated heterocycles. The SMILES string of the molecule is CCCCC1CN(C2CCOCC2)C(=O)N1C1CCN(C(=O)OC(C)(C)C)CC1. The van der Waals surface area contributed by atoms with Crippen molar-refractivity contribution in [3.05, 3.63) is 0 Å². The molecule has 7 heteroatoms. The van der Waals surface area contributed by atoms with E-state index in [9.17, 15) is 9.59 Å². The molecule has 0 saturated carbocycles. The van der Waals surface area contributed by atoms with Gasteiger partial charge in [0.15, 0.2) is 0 Å². The minimum absolute atomic E-state index is 0.203. The maximum atomic E-state index is 13.4. The summed E-state index contributed by atoms with van der Waals surface area (Å²) in [5, 5.41) is 0. The maximum absolute atomic E-state index is 13.4. The van der Waals surface area contributed by atoms with Crippen molar-refractivity contribution in [2.45, 2.75) is 96.4 Å². The zero-order valence-corrected chi connectivity index (χ0v) is 18.7. The minimum atomic E-state index is -0.478. The van der Waals surface area contributed by atoms with Gasteiger partial charge in [-0.3, -0.25) is 0 Å². The highest BCUT2D eigenvalue weighted by Crippen LogP contribution is 2.31. The summed E-state index contributed by atoms with van der Waals surface area (Å²) in [6.07, 6.45) is 6.65. The van der Waals surface area contributed by atoms with E-state index in [4.69, 9.17) is 9.47 Å². The molecule has 1 unspecified atom stereocenters. The molecule has 3 rings (SSSR count). The summed E-state index contributed by atoms with van der Waals surface area (Å²) in [6, 6.07) is 1.03. The summed E-state index contributed by atoms with van der Waals surface area (Å²) in [5.41, 5.74) is -0.478. The molecule has 0 aromatic rings. The fraction of sp³-hybridized carbons (Fsp3) is 0.909. The molecule has 1 atom stereocenters. The molecule has 3 fully saturated rings. The molecule has 3 aliphatic rings. The summed E-state index contributed by atoms with van der Waals surface area (Å²) in [6.45, 7) is 11.5. The molecule has 0 radical (unpaired) electrons. The van der Waals surface area contributed by atoms with Gasteiger partial charge >= 0.3 is 12.1 Å². The fourth-order valence-corrected chi connectivity index (χ4v) is 4.78. The number of hydrogen-bond acceptors (Lipinski definition) is 4. The zero-order valence-electron chi connectivity index (χ0n) is 18.7. The molecule has 3 amide bonds. The van der Waals surface area contributed by atoms with Crippen LogP contribution in [0.3, 0.4) is 0 Å². The lowest BCUT2D eigenvalue weighted by molar-refractivity contribution is 0.0155. The van der Waals surface area contributed by atoms with Crippen molar-refractivity contribution in [2.24, 2.45) is 0 Å². The van der Waals surface area contributed by atoms with Gasteiger partial charge in [-0.25, -0.2) is 9.59 Å². The van der Waals surface area contributed by atoms with Crippen LogP contribution in [-0.4, -0.2) is 83.4 Å². The fourth-order valence-electron chi connectivity index (χ4n) is 4.78. The normalized spacial score (nSPS) is 25.0. The molecule has 29 heavy (non-hydrogen) atoms. The van der Waals surface area contributed by atoms with E-state index in [2.05, 4.69) is 16.7 Å². The number of carbonyl (C=O) groups excluding carboxylic acids is 2. The Balaban J connectivity index is 1.62. The molecule has 0 aromatic carbocycles. The van der Waals surface area contributed by atoms with Crippen LogP contribution < -0.4 is 0 Å². The van der Waals surface area contributed by atoms with Gasteiger partial charge in [0.05, 0.1) is 6.04 Å².